The van der Waals surface area contributed by atoms with Gasteiger partial charge >= 0.3 is 0 Å². The van der Waals surface area contributed by atoms with Gasteiger partial charge in [0.2, 0.25) is 5.91 Å². The molecule has 1 saturated heterocycles. The highest BCUT2D eigenvalue weighted by atomic mass is 16.2. The van der Waals surface area contributed by atoms with Crippen LogP contribution in [-0.4, -0.2) is 45.8 Å². The van der Waals surface area contributed by atoms with E-state index in [1.165, 1.54) is 0 Å². The third kappa shape index (κ3) is 4.41. The van der Waals surface area contributed by atoms with Crippen molar-refractivity contribution in [3.63, 3.8) is 0 Å². The number of amides is 2. The standard InChI is InChI=1S/C19H22N4O2/c1-14-20-10-9-16(21-14)18(24)22-17(13-15-7-3-2-4-8-15)19(25)23-11-5-6-12-23/h2-4,7-10,17H,5-6,11-13H2,1H3,(H,22,24). The Labute approximate surface area is 147 Å². The molecule has 2 amide bonds. The van der Waals surface area contributed by atoms with Gasteiger partial charge in [-0.2, -0.15) is 0 Å². The van der Waals surface area contributed by atoms with Crippen LogP contribution in [0.15, 0.2) is 42.6 Å². The molecule has 1 aliphatic heterocycles. The molecule has 0 bridgehead atoms. The van der Waals surface area contributed by atoms with E-state index in [1.807, 2.05) is 35.2 Å². The summed E-state index contributed by atoms with van der Waals surface area (Å²) in [4.78, 5) is 35.4. The van der Waals surface area contributed by atoms with Crippen LogP contribution in [0, 0.1) is 6.92 Å². The summed E-state index contributed by atoms with van der Waals surface area (Å²) in [5.41, 5.74) is 1.29. The molecule has 2 heterocycles. The Morgan fingerprint density at radius 3 is 2.56 bits per heavy atom. The van der Waals surface area contributed by atoms with E-state index in [0.717, 1.165) is 31.5 Å². The number of benzene rings is 1. The second kappa shape index (κ2) is 7.88. The highest BCUT2D eigenvalue weighted by molar-refractivity contribution is 5.96. The number of aryl methyl sites for hydroxylation is 1. The number of nitrogens with zero attached hydrogens (tertiary/aromatic N) is 3. The lowest BCUT2D eigenvalue weighted by molar-refractivity contribution is -0.132. The first-order valence-corrected chi connectivity index (χ1v) is 8.57. The van der Waals surface area contributed by atoms with E-state index in [2.05, 4.69) is 15.3 Å². The van der Waals surface area contributed by atoms with Crippen molar-refractivity contribution >= 4 is 11.8 Å². The number of aromatic nitrogens is 2. The maximum atomic E-state index is 12.9. The van der Waals surface area contributed by atoms with Gasteiger partial charge in [0.05, 0.1) is 0 Å². The molecule has 0 radical (unpaired) electrons. The number of carbonyl (C=O) groups is 2. The molecule has 6 heteroatoms. The fraction of sp³-hybridized carbons (Fsp3) is 0.368. The summed E-state index contributed by atoms with van der Waals surface area (Å²) in [5.74, 6) is 0.151. The molecule has 0 aliphatic carbocycles. The van der Waals surface area contributed by atoms with Crippen LogP contribution >= 0.6 is 0 Å². The number of rotatable bonds is 5. The zero-order valence-electron chi connectivity index (χ0n) is 14.3. The van der Waals surface area contributed by atoms with Crippen LogP contribution in [0.2, 0.25) is 0 Å². The normalized spacial score (nSPS) is 15.0. The molecule has 1 N–H and O–H groups in total. The van der Waals surface area contributed by atoms with Gasteiger partial charge < -0.3 is 10.2 Å². The summed E-state index contributed by atoms with van der Waals surface area (Å²) < 4.78 is 0. The van der Waals surface area contributed by atoms with Gasteiger partial charge in [-0.1, -0.05) is 30.3 Å². The minimum atomic E-state index is -0.594. The molecule has 0 saturated carbocycles. The van der Waals surface area contributed by atoms with Crippen LogP contribution in [0.5, 0.6) is 0 Å². The minimum absolute atomic E-state index is 0.0273. The van der Waals surface area contributed by atoms with Gasteiger partial charge in [-0.25, -0.2) is 9.97 Å². The average molecular weight is 338 g/mol. The van der Waals surface area contributed by atoms with Gasteiger partial charge in [-0.3, -0.25) is 9.59 Å². The van der Waals surface area contributed by atoms with Crippen molar-refractivity contribution in [3.8, 4) is 0 Å². The van der Waals surface area contributed by atoms with Gasteiger partial charge in [-0.15, -0.1) is 0 Å². The predicted molar refractivity (Wildman–Crippen MR) is 94.0 cm³/mol. The van der Waals surface area contributed by atoms with E-state index in [-0.39, 0.29) is 17.5 Å². The first-order valence-electron chi connectivity index (χ1n) is 8.57. The summed E-state index contributed by atoms with van der Waals surface area (Å²) in [7, 11) is 0. The fourth-order valence-corrected chi connectivity index (χ4v) is 3.02. The largest absolute Gasteiger partial charge is 0.341 e. The number of nitrogens with one attached hydrogen (secondary N) is 1. The van der Waals surface area contributed by atoms with E-state index in [4.69, 9.17) is 0 Å². The zero-order valence-corrected chi connectivity index (χ0v) is 14.3. The molecule has 25 heavy (non-hydrogen) atoms. The van der Waals surface area contributed by atoms with Crippen LogP contribution in [0.4, 0.5) is 0 Å². The highest BCUT2D eigenvalue weighted by Crippen LogP contribution is 2.12. The highest BCUT2D eigenvalue weighted by Gasteiger charge is 2.28. The molecule has 1 atom stereocenters. The van der Waals surface area contributed by atoms with E-state index in [1.54, 1.807) is 19.2 Å². The molecular formula is C19H22N4O2. The van der Waals surface area contributed by atoms with Gasteiger partial charge in [0, 0.05) is 25.7 Å². The summed E-state index contributed by atoms with van der Waals surface area (Å²) in [6.07, 6.45) is 4.05. The molecular weight excluding hydrogens is 316 g/mol. The van der Waals surface area contributed by atoms with Gasteiger partial charge in [-0.05, 0) is 31.4 Å². The Morgan fingerprint density at radius 2 is 1.88 bits per heavy atom. The van der Waals surface area contributed by atoms with Crippen molar-refractivity contribution in [2.75, 3.05) is 13.1 Å². The lowest BCUT2D eigenvalue weighted by Crippen LogP contribution is -2.49. The van der Waals surface area contributed by atoms with Crippen LogP contribution in [-0.2, 0) is 11.2 Å². The Kier molecular flexibility index (Phi) is 5.38. The second-order valence-electron chi connectivity index (χ2n) is 6.24. The summed E-state index contributed by atoms with van der Waals surface area (Å²) in [5, 5.41) is 2.87. The molecule has 1 aromatic heterocycles. The SMILES string of the molecule is Cc1nccc(C(=O)NC(Cc2ccccc2)C(=O)N2CCCC2)n1. The Bertz CT molecular complexity index is 742. The summed E-state index contributed by atoms with van der Waals surface area (Å²) in [6, 6.07) is 10.7. The average Bonchev–Trinajstić information content (AvgIpc) is 3.16. The van der Waals surface area contributed by atoms with Crippen molar-refractivity contribution in [1.29, 1.82) is 0 Å². The Morgan fingerprint density at radius 1 is 1.16 bits per heavy atom. The number of carbonyl (C=O) groups excluding carboxylic acids is 2. The molecule has 1 aromatic carbocycles. The summed E-state index contributed by atoms with van der Waals surface area (Å²) >= 11 is 0. The third-order valence-electron chi connectivity index (χ3n) is 4.31. The topological polar surface area (TPSA) is 75.2 Å². The first-order chi connectivity index (χ1) is 12.1. The third-order valence-corrected chi connectivity index (χ3v) is 4.31. The number of hydrogen-bond acceptors (Lipinski definition) is 4. The predicted octanol–water partition coefficient (Wildman–Crippen LogP) is 1.75. The molecule has 0 spiro atoms. The van der Waals surface area contributed by atoms with Crippen molar-refractivity contribution in [2.45, 2.75) is 32.2 Å². The molecule has 2 aromatic rings. The monoisotopic (exact) mass is 338 g/mol. The molecule has 1 aliphatic rings. The van der Waals surface area contributed by atoms with Gasteiger partial charge in [0.1, 0.15) is 17.6 Å². The zero-order chi connectivity index (χ0) is 17.6. The maximum absolute atomic E-state index is 12.9. The number of hydrogen-bond donors (Lipinski definition) is 1. The molecule has 1 unspecified atom stereocenters. The van der Waals surface area contributed by atoms with Crippen LogP contribution in [0.3, 0.4) is 0 Å². The van der Waals surface area contributed by atoms with E-state index in [9.17, 15) is 9.59 Å². The Balaban J connectivity index is 1.77. The van der Waals surface area contributed by atoms with Crippen molar-refractivity contribution in [3.05, 3.63) is 59.7 Å². The van der Waals surface area contributed by atoms with Crippen LogP contribution in [0.1, 0.15) is 34.7 Å². The second-order valence-corrected chi connectivity index (χ2v) is 6.24. The van der Waals surface area contributed by atoms with Crippen molar-refractivity contribution in [1.82, 2.24) is 20.2 Å². The summed E-state index contributed by atoms with van der Waals surface area (Å²) in [6.45, 7) is 3.24. The van der Waals surface area contributed by atoms with E-state index >= 15 is 0 Å². The van der Waals surface area contributed by atoms with Crippen molar-refractivity contribution < 1.29 is 9.59 Å². The van der Waals surface area contributed by atoms with E-state index in [0.29, 0.717) is 12.2 Å². The minimum Gasteiger partial charge on any atom is -0.341 e. The van der Waals surface area contributed by atoms with E-state index < -0.39 is 6.04 Å². The Hall–Kier alpha value is -2.76. The van der Waals surface area contributed by atoms with Gasteiger partial charge in [0.25, 0.3) is 5.91 Å². The quantitative estimate of drug-likeness (QED) is 0.901. The lowest BCUT2D eigenvalue weighted by atomic mass is 10.0. The first kappa shape index (κ1) is 17.1. The smallest absolute Gasteiger partial charge is 0.270 e. The van der Waals surface area contributed by atoms with Crippen LogP contribution in [0.25, 0.3) is 0 Å². The number of likely N-dealkylation sites (tertiary alicyclic amines) is 1. The molecule has 1 fully saturated rings. The fourth-order valence-electron chi connectivity index (χ4n) is 3.02. The van der Waals surface area contributed by atoms with Gasteiger partial charge in [0.15, 0.2) is 0 Å². The maximum Gasteiger partial charge on any atom is 0.270 e. The van der Waals surface area contributed by atoms with Crippen LogP contribution < -0.4 is 5.32 Å². The lowest BCUT2D eigenvalue weighted by Gasteiger charge is -2.24. The molecule has 130 valence electrons. The molecule has 6 nitrogen and oxygen atoms in total. The van der Waals surface area contributed by atoms with Crippen molar-refractivity contribution in [2.24, 2.45) is 0 Å². The molecule has 3 rings (SSSR count).